The van der Waals surface area contributed by atoms with Crippen LogP contribution in [0.2, 0.25) is 0 Å². The predicted octanol–water partition coefficient (Wildman–Crippen LogP) is 3.12. The molecule has 1 aliphatic heterocycles. The lowest BCUT2D eigenvalue weighted by molar-refractivity contribution is -0.334. The Bertz CT molecular complexity index is 460. The average Bonchev–Trinajstić information content (AvgIpc) is 2.41. The second-order valence-electron chi connectivity index (χ2n) is 4.34. The van der Waals surface area contributed by atoms with Crippen LogP contribution < -0.4 is 4.74 Å². The van der Waals surface area contributed by atoms with Crippen LogP contribution in [0.15, 0.2) is 29.4 Å². The van der Waals surface area contributed by atoms with E-state index >= 15 is 0 Å². The van der Waals surface area contributed by atoms with Crippen LogP contribution in [-0.4, -0.2) is 28.8 Å². The van der Waals surface area contributed by atoms with Crippen LogP contribution in [0, 0.1) is 0 Å². The maximum absolute atomic E-state index is 5.82. The molecule has 4 nitrogen and oxygen atoms in total. The molecular formula is C14H18ClN2O2+. The van der Waals surface area contributed by atoms with Crippen molar-refractivity contribution in [2.45, 2.75) is 38.7 Å². The minimum absolute atomic E-state index is 0.187. The molecule has 1 aliphatic rings. The highest BCUT2D eigenvalue weighted by Gasteiger charge is 2.28. The van der Waals surface area contributed by atoms with Gasteiger partial charge < -0.3 is 4.74 Å². The Kier molecular flexibility index (Phi) is 5.33. The molecule has 102 valence electrons. The fourth-order valence-corrected chi connectivity index (χ4v) is 1.97. The number of aromatic nitrogens is 1. The summed E-state index contributed by atoms with van der Waals surface area (Å²) in [5.74, 6) is 2.44. The first-order valence-corrected chi connectivity index (χ1v) is 7.10. The van der Waals surface area contributed by atoms with Gasteiger partial charge in [-0.25, -0.2) is 4.98 Å². The molecule has 1 atom stereocenters. The number of halogens is 1. The van der Waals surface area contributed by atoms with Gasteiger partial charge in [0.25, 0.3) is 0 Å². The Labute approximate surface area is 118 Å². The molecule has 1 aromatic rings. The highest BCUT2D eigenvalue weighted by Crippen LogP contribution is 2.14. The first-order valence-electron chi connectivity index (χ1n) is 6.56. The summed E-state index contributed by atoms with van der Waals surface area (Å²) in [5.41, 5.74) is 0. The van der Waals surface area contributed by atoms with E-state index in [0.29, 0.717) is 17.7 Å². The van der Waals surface area contributed by atoms with Gasteiger partial charge in [0, 0.05) is 12.3 Å². The van der Waals surface area contributed by atoms with Gasteiger partial charge in [-0.2, -0.15) is 4.42 Å². The quantitative estimate of drug-likeness (QED) is 0.543. The van der Waals surface area contributed by atoms with Crippen molar-refractivity contribution in [3.63, 3.8) is 0 Å². The van der Waals surface area contributed by atoms with Crippen LogP contribution >= 0.6 is 11.6 Å². The number of hydrogen-bond acceptors (Lipinski definition) is 3. The third-order valence-electron chi connectivity index (χ3n) is 2.90. The van der Waals surface area contributed by atoms with Gasteiger partial charge in [-0.3, -0.25) is 0 Å². The minimum Gasteiger partial charge on any atom is -0.474 e. The topological polar surface area (TPSA) is 45.8 Å². The van der Waals surface area contributed by atoms with Gasteiger partial charge in [-0.15, -0.1) is 11.6 Å². The minimum atomic E-state index is 0.187. The van der Waals surface area contributed by atoms with Crippen molar-refractivity contribution in [3.05, 3.63) is 24.4 Å². The molecule has 2 heterocycles. The Balaban J connectivity index is 1.69. The van der Waals surface area contributed by atoms with E-state index in [1.807, 2.05) is 18.2 Å². The number of hydrogen-bond donors (Lipinski definition) is 0. The number of aliphatic imine (C=N–C) groups is 1. The van der Waals surface area contributed by atoms with Crippen LogP contribution in [0.25, 0.3) is 0 Å². The molecule has 0 radical (unpaired) electrons. The average molecular weight is 282 g/mol. The van der Waals surface area contributed by atoms with E-state index in [4.69, 9.17) is 20.8 Å². The lowest BCUT2D eigenvalue weighted by Gasteiger charge is -2.15. The summed E-state index contributed by atoms with van der Waals surface area (Å²) < 4.78 is 11.1. The van der Waals surface area contributed by atoms with Crippen molar-refractivity contribution in [2.24, 2.45) is 4.99 Å². The second-order valence-corrected chi connectivity index (χ2v) is 4.61. The summed E-state index contributed by atoms with van der Waals surface area (Å²) in [4.78, 5) is 8.34. The van der Waals surface area contributed by atoms with E-state index in [2.05, 4.69) is 16.9 Å². The van der Waals surface area contributed by atoms with Crippen LogP contribution in [0.3, 0.4) is 0 Å². The summed E-state index contributed by atoms with van der Waals surface area (Å²) in [7, 11) is 0. The van der Waals surface area contributed by atoms with Crippen LogP contribution in [-0.2, 0) is 4.42 Å². The molecule has 0 bridgehead atoms. The summed E-state index contributed by atoms with van der Waals surface area (Å²) in [6.07, 6.45) is 5.67. The van der Waals surface area contributed by atoms with Crippen LogP contribution in [0.5, 0.6) is 5.88 Å². The van der Waals surface area contributed by atoms with Gasteiger partial charge >= 0.3 is 11.8 Å². The zero-order valence-corrected chi connectivity index (χ0v) is 11.8. The molecule has 2 rings (SSSR count). The van der Waals surface area contributed by atoms with Crippen molar-refractivity contribution in [2.75, 3.05) is 5.88 Å². The first-order chi connectivity index (χ1) is 9.31. The fourth-order valence-electron chi connectivity index (χ4n) is 1.86. The zero-order valence-electron chi connectivity index (χ0n) is 11.0. The number of alkyl halides is 1. The Hall–Kier alpha value is -1.42. The normalized spacial score (nSPS) is 15.3. The van der Waals surface area contributed by atoms with E-state index in [0.717, 1.165) is 31.6 Å². The van der Waals surface area contributed by atoms with E-state index in [1.54, 1.807) is 6.20 Å². The number of ether oxygens (including phenoxy) is 1. The standard InChI is InChI=1S/C14H18ClN2O2/c1-2-11(18-12-7-3-4-9-16-12)6-5-8-13-17-14(10-15)19-13/h3-4,7,9,11H,2,5-6,8,10H2,1H3/q+1. The molecule has 1 aromatic heterocycles. The zero-order chi connectivity index (χ0) is 13.5. The molecule has 0 amide bonds. The summed E-state index contributed by atoms with van der Waals surface area (Å²) >= 11 is 5.57. The Morgan fingerprint density at radius 2 is 2.26 bits per heavy atom. The van der Waals surface area contributed by atoms with Gasteiger partial charge in [0.1, 0.15) is 6.10 Å². The number of nitrogens with zero attached hydrogens (tertiary/aromatic N) is 2. The maximum atomic E-state index is 5.82. The third-order valence-corrected chi connectivity index (χ3v) is 3.13. The van der Waals surface area contributed by atoms with Gasteiger partial charge in [0.15, 0.2) is 5.88 Å². The number of amides is 1. The molecule has 0 aliphatic carbocycles. The molecule has 0 saturated carbocycles. The maximum Gasteiger partial charge on any atom is 0.451 e. The van der Waals surface area contributed by atoms with Crippen molar-refractivity contribution in [3.8, 4) is 5.88 Å². The highest BCUT2D eigenvalue weighted by atomic mass is 35.5. The van der Waals surface area contributed by atoms with Gasteiger partial charge in [0.2, 0.25) is 5.88 Å². The number of pyridine rings is 1. The molecule has 0 saturated heterocycles. The fraction of sp³-hybridized carbons (Fsp3) is 0.500. The summed E-state index contributed by atoms with van der Waals surface area (Å²) in [6, 6.07) is 5.68. The van der Waals surface area contributed by atoms with Gasteiger partial charge in [0.05, 0.1) is 6.42 Å². The molecule has 0 spiro atoms. The Morgan fingerprint density at radius 1 is 1.42 bits per heavy atom. The summed E-state index contributed by atoms with van der Waals surface area (Å²) in [5, 5.41) is 0. The SMILES string of the molecule is CCC(CCCC1=[O+]C(CCl)=N1)Oc1ccccn1. The Morgan fingerprint density at radius 3 is 2.89 bits per heavy atom. The molecule has 1 unspecified atom stereocenters. The molecule has 0 aromatic carbocycles. The predicted molar refractivity (Wildman–Crippen MR) is 76.0 cm³/mol. The van der Waals surface area contributed by atoms with E-state index < -0.39 is 0 Å². The molecule has 19 heavy (non-hydrogen) atoms. The number of rotatable bonds is 8. The highest BCUT2D eigenvalue weighted by molar-refractivity contribution is 6.28. The van der Waals surface area contributed by atoms with Crippen LogP contribution in [0.1, 0.15) is 32.6 Å². The first kappa shape index (κ1) is 14.0. The van der Waals surface area contributed by atoms with Gasteiger partial charge in [-0.05, 0) is 25.3 Å². The van der Waals surface area contributed by atoms with Crippen molar-refractivity contribution in [1.82, 2.24) is 4.98 Å². The van der Waals surface area contributed by atoms with Gasteiger partial charge in [-0.1, -0.05) is 18.0 Å². The van der Waals surface area contributed by atoms with E-state index in [1.165, 1.54) is 0 Å². The van der Waals surface area contributed by atoms with E-state index in [-0.39, 0.29) is 6.10 Å². The number of carbonyl (C=O) groups excluding carboxylic acids is 1. The largest absolute Gasteiger partial charge is 0.474 e. The summed E-state index contributed by atoms with van der Waals surface area (Å²) in [6.45, 7) is 2.12. The van der Waals surface area contributed by atoms with Crippen molar-refractivity contribution in [1.29, 1.82) is 0 Å². The van der Waals surface area contributed by atoms with Crippen molar-refractivity contribution >= 4 is 23.4 Å². The molecule has 0 N–H and O–H groups in total. The van der Waals surface area contributed by atoms with E-state index in [9.17, 15) is 0 Å². The lowest BCUT2D eigenvalue weighted by Crippen LogP contribution is -2.21. The third kappa shape index (κ3) is 4.31. The monoisotopic (exact) mass is 281 g/mol. The molecule has 0 fully saturated rings. The van der Waals surface area contributed by atoms with Crippen molar-refractivity contribution < 1.29 is 9.16 Å². The molecular weight excluding hydrogens is 264 g/mol. The lowest BCUT2D eigenvalue weighted by atomic mass is 10.1. The smallest absolute Gasteiger partial charge is 0.451 e. The second kappa shape index (κ2) is 7.24. The van der Waals surface area contributed by atoms with Crippen LogP contribution in [0.4, 0.5) is 0 Å². The molecule has 5 heteroatoms.